The van der Waals surface area contributed by atoms with Gasteiger partial charge < -0.3 is 14.8 Å². The topological polar surface area (TPSA) is 78.8 Å². The Kier molecular flexibility index (Phi) is 4.62. The average molecular weight is 393 g/mol. The number of para-hydroxylation sites is 2. The van der Waals surface area contributed by atoms with Gasteiger partial charge in [0.25, 0.3) is 5.91 Å². The molecule has 3 aromatic rings. The molecule has 4 heterocycles. The van der Waals surface area contributed by atoms with Crippen LogP contribution in [-0.4, -0.2) is 50.2 Å². The molecule has 0 saturated carbocycles. The summed E-state index contributed by atoms with van der Waals surface area (Å²) in [7, 11) is 0. The lowest BCUT2D eigenvalue weighted by Gasteiger charge is -2.33. The first-order valence-electron chi connectivity index (χ1n) is 10.7. The van der Waals surface area contributed by atoms with Gasteiger partial charge in [-0.05, 0) is 38.8 Å². The summed E-state index contributed by atoms with van der Waals surface area (Å²) in [5.74, 6) is 1.39. The van der Waals surface area contributed by atoms with Gasteiger partial charge in [-0.2, -0.15) is 5.10 Å². The molecule has 7 heteroatoms. The number of fused-ring (bicyclic) bond motifs is 2. The van der Waals surface area contributed by atoms with Crippen LogP contribution in [-0.2, 0) is 13.0 Å². The molecule has 2 N–H and O–H groups in total. The second kappa shape index (κ2) is 7.30. The lowest BCUT2D eigenvalue weighted by Crippen LogP contribution is -2.40. The predicted molar refractivity (Wildman–Crippen MR) is 112 cm³/mol. The zero-order valence-corrected chi connectivity index (χ0v) is 17.1. The molecule has 29 heavy (non-hydrogen) atoms. The summed E-state index contributed by atoms with van der Waals surface area (Å²) in [6, 6.07) is 8.65. The molecule has 1 unspecified atom stereocenters. The monoisotopic (exact) mass is 392 g/mol. The van der Waals surface area contributed by atoms with Crippen molar-refractivity contribution >= 4 is 16.9 Å². The third kappa shape index (κ3) is 3.13. The van der Waals surface area contributed by atoms with Crippen LogP contribution in [0.2, 0.25) is 0 Å². The standard InChI is InChI=1S/C22H28N6O/c1-14(2)28-19-8-4-3-7-18(19)24-21(28)15-6-5-11-27(13-15)22(29)20-16-12-23-10-9-17(16)25-26-20/h3-4,7-8,14-15,23H,5-6,9-13H2,1-2H3,(H,25,26). The Bertz CT molecular complexity index is 1050. The van der Waals surface area contributed by atoms with E-state index in [9.17, 15) is 4.79 Å². The van der Waals surface area contributed by atoms with E-state index in [1.165, 1.54) is 5.52 Å². The molecule has 152 valence electrons. The smallest absolute Gasteiger partial charge is 0.274 e. The van der Waals surface area contributed by atoms with Crippen molar-refractivity contribution in [1.82, 2.24) is 30.0 Å². The van der Waals surface area contributed by atoms with Gasteiger partial charge in [0.05, 0.1) is 11.0 Å². The molecule has 0 radical (unpaired) electrons. The second-order valence-electron chi connectivity index (χ2n) is 8.47. The number of hydrogen-bond acceptors (Lipinski definition) is 4. The van der Waals surface area contributed by atoms with Crippen molar-refractivity contribution in [2.45, 2.75) is 51.6 Å². The highest BCUT2D eigenvalue weighted by Crippen LogP contribution is 2.32. The summed E-state index contributed by atoms with van der Waals surface area (Å²) >= 11 is 0. The second-order valence-corrected chi connectivity index (χ2v) is 8.47. The Morgan fingerprint density at radius 3 is 3.00 bits per heavy atom. The fourth-order valence-corrected chi connectivity index (χ4v) is 4.82. The Hall–Kier alpha value is -2.67. The van der Waals surface area contributed by atoms with Crippen molar-refractivity contribution in [3.63, 3.8) is 0 Å². The first kappa shape index (κ1) is 18.4. The number of imidazole rings is 1. The number of aromatic amines is 1. The molecule has 0 aliphatic carbocycles. The number of rotatable bonds is 3. The molecule has 0 bridgehead atoms. The number of aromatic nitrogens is 4. The third-order valence-corrected chi connectivity index (χ3v) is 6.22. The fourth-order valence-electron chi connectivity index (χ4n) is 4.82. The van der Waals surface area contributed by atoms with E-state index in [4.69, 9.17) is 4.98 Å². The maximum atomic E-state index is 13.3. The van der Waals surface area contributed by atoms with Gasteiger partial charge in [0, 0.05) is 55.8 Å². The molecule has 1 amide bonds. The summed E-state index contributed by atoms with van der Waals surface area (Å²) in [6.45, 7) is 7.53. The molecule has 2 aliphatic rings. The fraction of sp³-hybridized carbons (Fsp3) is 0.500. The van der Waals surface area contributed by atoms with Gasteiger partial charge in [0.2, 0.25) is 0 Å². The number of H-pyrrole nitrogens is 1. The highest BCUT2D eigenvalue weighted by molar-refractivity contribution is 5.94. The minimum atomic E-state index is 0.0445. The van der Waals surface area contributed by atoms with Crippen molar-refractivity contribution in [3.8, 4) is 0 Å². The Morgan fingerprint density at radius 1 is 1.28 bits per heavy atom. The zero-order chi connectivity index (χ0) is 20.0. The quantitative estimate of drug-likeness (QED) is 0.718. The molecule has 1 fully saturated rings. The maximum absolute atomic E-state index is 13.3. The van der Waals surface area contributed by atoms with Gasteiger partial charge in [-0.25, -0.2) is 4.98 Å². The van der Waals surface area contributed by atoms with E-state index >= 15 is 0 Å². The molecule has 2 aliphatic heterocycles. The van der Waals surface area contributed by atoms with Crippen LogP contribution in [0.3, 0.4) is 0 Å². The van der Waals surface area contributed by atoms with Gasteiger partial charge in [0.15, 0.2) is 5.69 Å². The number of nitrogens with zero attached hydrogens (tertiary/aromatic N) is 4. The highest BCUT2D eigenvalue weighted by atomic mass is 16.2. The third-order valence-electron chi connectivity index (χ3n) is 6.22. The molecule has 2 aromatic heterocycles. The van der Waals surface area contributed by atoms with Gasteiger partial charge in [-0.3, -0.25) is 9.89 Å². The number of benzene rings is 1. The normalized spacial score (nSPS) is 19.7. The van der Waals surface area contributed by atoms with Crippen molar-refractivity contribution < 1.29 is 4.79 Å². The first-order chi connectivity index (χ1) is 14.1. The number of likely N-dealkylation sites (tertiary alicyclic amines) is 1. The van der Waals surface area contributed by atoms with E-state index < -0.39 is 0 Å². The van der Waals surface area contributed by atoms with E-state index in [0.717, 1.165) is 55.0 Å². The van der Waals surface area contributed by atoms with Crippen LogP contribution in [0.25, 0.3) is 11.0 Å². The van der Waals surface area contributed by atoms with Crippen molar-refractivity contribution in [2.24, 2.45) is 0 Å². The lowest BCUT2D eigenvalue weighted by atomic mass is 9.96. The minimum Gasteiger partial charge on any atom is -0.337 e. The SMILES string of the molecule is CC(C)n1c(C2CCCN(C(=O)c3n[nH]c4c3CNCC4)C2)nc2ccccc21. The molecule has 1 atom stereocenters. The number of carbonyl (C=O) groups is 1. The van der Waals surface area contributed by atoms with Crippen LogP contribution >= 0.6 is 0 Å². The molecule has 7 nitrogen and oxygen atoms in total. The Balaban J connectivity index is 1.44. The van der Waals surface area contributed by atoms with E-state index in [-0.39, 0.29) is 11.8 Å². The number of nitrogens with one attached hydrogen (secondary N) is 2. The van der Waals surface area contributed by atoms with Crippen LogP contribution in [0, 0.1) is 0 Å². The Morgan fingerprint density at radius 2 is 2.14 bits per heavy atom. The number of amides is 1. The lowest BCUT2D eigenvalue weighted by molar-refractivity contribution is 0.0696. The number of hydrogen-bond donors (Lipinski definition) is 2. The summed E-state index contributed by atoms with van der Waals surface area (Å²) in [5.41, 5.74) is 4.94. The van der Waals surface area contributed by atoms with Crippen LogP contribution in [0.4, 0.5) is 0 Å². The van der Waals surface area contributed by atoms with Crippen molar-refractivity contribution in [2.75, 3.05) is 19.6 Å². The van der Waals surface area contributed by atoms with Gasteiger partial charge in [0.1, 0.15) is 5.82 Å². The molecule has 5 rings (SSSR count). The predicted octanol–water partition coefficient (Wildman–Crippen LogP) is 3.01. The summed E-state index contributed by atoms with van der Waals surface area (Å²) in [6.07, 6.45) is 2.94. The van der Waals surface area contributed by atoms with E-state index in [1.54, 1.807) is 0 Å². The molecular formula is C22H28N6O. The molecular weight excluding hydrogens is 364 g/mol. The maximum Gasteiger partial charge on any atom is 0.274 e. The molecule has 0 spiro atoms. The van der Waals surface area contributed by atoms with Crippen LogP contribution in [0.15, 0.2) is 24.3 Å². The van der Waals surface area contributed by atoms with E-state index in [2.05, 4.69) is 52.1 Å². The van der Waals surface area contributed by atoms with Crippen LogP contribution in [0.1, 0.15) is 66.2 Å². The van der Waals surface area contributed by atoms with Crippen molar-refractivity contribution in [1.29, 1.82) is 0 Å². The zero-order valence-electron chi connectivity index (χ0n) is 17.1. The van der Waals surface area contributed by atoms with Gasteiger partial charge in [-0.15, -0.1) is 0 Å². The van der Waals surface area contributed by atoms with Crippen LogP contribution < -0.4 is 5.32 Å². The summed E-state index contributed by atoms with van der Waals surface area (Å²) < 4.78 is 2.34. The van der Waals surface area contributed by atoms with Crippen molar-refractivity contribution in [3.05, 3.63) is 47.0 Å². The number of carbonyl (C=O) groups excluding carboxylic acids is 1. The molecule has 1 aromatic carbocycles. The largest absolute Gasteiger partial charge is 0.337 e. The Labute approximate surface area is 170 Å². The van der Waals surface area contributed by atoms with E-state index in [0.29, 0.717) is 24.8 Å². The number of piperidine rings is 1. The first-order valence-corrected chi connectivity index (χ1v) is 10.7. The summed E-state index contributed by atoms with van der Waals surface area (Å²) in [5, 5.41) is 10.8. The molecule has 1 saturated heterocycles. The van der Waals surface area contributed by atoms with Gasteiger partial charge >= 0.3 is 0 Å². The van der Waals surface area contributed by atoms with E-state index in [1.807, 2.05) is 11.0 Å². The summed E-state index contributed by atoms with van der Waals surface area (Å²) in [4.78, 5) is 20.2. The minimum absolute atomic E-state index is 0.0445. The highest BCUT2D eigenvalue weighted by Gasteiger charge is 2.32. The van der Waals surface area contributed by atoms with Gasteiger partial charge in [-0.1, -0.05) is 12.1 Å². The van der Waals surface area contributed by atoms with Crippen LogP contribution in [0.5, 0.6) is 0 Å². The average Bonchev–Trinajstić information content (AvgIpc) is 3.35.